The molecule has 0 radical (unpaired) electrons. The molecule has 0 N–H and O–H groups in total. The number of rotatable bonds is 2. The lowest BCUT2D eigenvalue weighted by molar-refractivity contribution is -0.117. The maximum atomic E-state index is 11.8. The fourth-order valence-electron chi connectivity index (χ4n) is 2.02. The molecule has 6 heteroatoms. The second-order valence-corrected chi connectivity index (χ2v) is 5.58. The van der Waals surface area contributed by atoms with Crippen LogP contribution in [0.1, 0.15) is 6.42 Å². The topological polar surface area (TPSA) is 59.0 Å². The highest BCUT2D eigenvalue weighted by atomic mass is 79.9. The number of aromatic nitrogens is 3. The summed E-state index contributed by atoms with van der Waals surface area (Å²) >= 11 is 3.45. The van der Waals surface area contributed by atoms with E-state index < -0.39 is 0 Å². The molecule has 1 unspecified atom stereocenters. The molecule has 1 atom stereocenters. The zero-order valence-electron chi connectivity index (χ0n) is 10.0. The molecule has 1 aliphatic heterocycles. The lowest BCUT2D eigenvalue weighted by Gasteiger charge is -2.14. The summed E-state index contributed by atoms with van der Waals surface area (Å²) in [6, 6.07) is 5.58. The Balaban J connectivity index is 1.95. The molecule has 0 spiro atoms. The van der Waals surface area contributed by atoms with Gasteiger partial charge in [-0.3, -0.25) is 14.7 Å². The first-order valence-corrected chi connectivity index (χ1v) is 6.83. The second kappa shape index (κ2) is 5.05. The van der Waals surface area contributed by atoms with Crippen LogP contribution in [0.25, 0.3) is 11.3 Å². The van der Waals surface area contributed by atoms with Crippen molar-refractivity contribution in [3.8, 4) is 11.3 Å². The molecule has 2 aromatic rings. The van der Waals surface area contributed by atoms with Crippen molar-refractivity contribution in [1.82, 2.24) is 15.0 Å². The summed E-state index contributed by atoms with van der Waals surface area (Å²) < 4.78 is 0. The smallest absolute Gasteiger partial charge is 0.232 e. The minimum atomic E-state index is 0.0498. The van der Waals surface area contributed by atoms with Gasteiger partial charge in [-0.2, -0.15) is 0 Å². The zero-order chi connectivity index (χ0) is 13.2. The predicted octanol–water partition coefficient (Wildman–Crippen LogP) is 2.04. The fraction of sp³-hybridized carbons (Fsp3) is 0.231. The van der Waals surface area contributed by atoms with Crippen LogP contribution in [0.2, 0.25) is 0 Å². The summed E-state index contributed by atoms with van der Waals surface area (Å²) in [4.78, 5) is 26.3. The number of anilines is 1. The molecule has 0 aromatic carbocycles. The lowest BCUT2D eigenvalue weighted by atomic mass is 10.2. The highest BCUT2D eigenvalue weighted by Crippen LogP contribution is 2.24. The number of hydrogen-bond acceptors (Lipinski definition) is 4. The van der Waals surface area contributed by atoms with E-state index in [1.54, 1.807) is 23.5 Å². The summed E-state index contributed by atoms with van der Waals surface area (Å²) in [5.41, 5.74) is 1.75. The lowest BCUT2D eigenvalue weighted by Crippen LogP contribution is -2.26. The molecule has 3 heterocycles. The third kappa shape index (κ3) is 2.49. The Morgan fingerprint density at radius 1 is 1.21 bits per heavy atom. The number of amides is 1. The van der Waals surface area contributed by atoms with E-state index in [1.165, 1.54) is 0 Å². The van der Waals surface area contributed by atoms with Crippen LogP contribution >= 0.6 is 15.9 Å². The van der Waals surface area contributed by atoms with Crippen LogP contribution in [0.3, 0.4) is 0 Å². The van der Waals surface area contributed by atoms with Crippen LogP contribution in [-0.2, 0) is 4.79 Å². The van der Waals surface area contributed by atoms with Crippen LogP contribution < -0.4 is 4.90 Å². The van der Waals surface area contributed by atoms with Crippen molar-refractivity contribution in [2.75, 3.05) is 11.4 Å². The summed E-state index contributed by atoms with van der Waals surface area (Å²) in [6.07, 6.45) is 5.59. The summed E-state index contributed by atoms with van der Waals surface area (Å²) in [6.45, 7) is 0.610. The number of carbonyl (C=O) groups excluding carboxylic acids is 1. The van der Waals surface area contributed by atoms with Gasteiger partial charge in [-0.15, -0.1) is 0 Å². The van der Waals surface area contributed by atoms with E-state index in [0.717, 1.165) is 11.3 Å². The number of hydrogen-bond donors (Lipinski definition) is 0. The molecule has 0 bridgehead atoms. The van der Waals surface area contributed by atoms with Crippen LogP contribution in [-0.4, -0.2) is 32.2 Å². The molecule has 2 aromatic heterocycles. The fourth-order valence-corrected chi connectivity index (χ4v) is 2.59. The third-order valence-corrected chi connectivity index (χ3v) is 3.55. The minimum Gasteiger partial charge on any atom is -0.280 e. The van der Waals surface area contributed by atoms with Crippen molar-refractivity contribution in [2.45, 2.75) is 11.2 Å². The van der Waals surface area contributed by atoms with Crippen LogP contribution in [0.5, 0.6) is 0 Å². The molecule has 3 rings (SSSR count). The molecule has 96 valence electrons. The Bertz CT molecular complexity index is 605. The quantitative estimate of drug-likeness (QED) is 0.795. The highest BCUT2D eigenvalue weighted by Gasteiger charge is 2.30. The normalized spacial score (nSPS) is 18.9. The Morgan fingerprint density at radius 3 is 2.68 bits per heavy atom. The van der Waals surface area contributed by atoms with Gasteiger partial charge in [0.15, 0.2) is 0 Å². The van der Waals surface area contributed by atoms with Gasteiger partial charge in [0.05, 0.1) is 5.69 Å². The number of pyridine rings is 1. The molecule has 5 nitrogen and oxygen atoms in total. The van der Waals surface area contributed by atoms with Crippen molar-refractivity contribution < 1.29 is 4.79 Å². The van der Waals surface area contributed by atoms with E-state index in [9.17, 15) is 4.79 Å². The Kier molecular flexibility index (Phi) is 3.25. The molecule has 1 saturated heterocycles. The maximum Gasteiger partial charge on any atom is 0.232 e. The Hall–Kier alpha value is -1.82. The molecule has 0 aliphatic carbocycles. The molecule has 1 aliphatic rings. The van der Waals surface area contributed by atoms with Gasteiger partial charge in [0, 0.05) is 41.9 Å². The highest BCUT2D eigenvalue weighted by molar-refractivity contribution is 9.09. The first-order valence-electron chi connectivity index (χ1n) is 5.92. The van der Waals surface area contributed by atoms with Gasteiger partial charge < -0.3 is 0 Å². The number of nitrogens with zero attached hydrogens (tertiary/aromatic N) is 4. The molecule has 0 saturated carbocycles. The largest absolute Gasteiger partial charge is 0.280 e. The number of carbonyl (C=O) groups is 1. The summed E-state index contributed by atoms with van der Waals surface area (Å²) in [5.74, 6) is 0.509. The average Bonchev–Trinajstić information content (AvgIpc) is 2.79. The molecule has 1 fully saturated rings. The van der Waals surface area contributed by atoms with Gasteiger partial charge in [0.1, 0.15) is 0 Å². The maximum absolute atomic E-state index is 11.8. The van der Waals surface area contributed by atoms with Crippen molar-refractivity contribution in [1.29, 1.82) is 0 Å². The Morgan fingerprint density at radius 2 is 2.00 bits per heavy atom. The van der Waals surface area contributed by atoms with Gasteiger partial charge in [-0.1, -0.05) is 15.9 Å². The van der Waals surface area contributed by atoms with Gasteiger partial charge >= 0.3 is 0 Å². The monoisotopic (exact) mass is 318 g/mol. The zero-order valence-corrected chi connectivity index (χ0v) is 11.6. The molecule has 19 heavy (non-hydrogen) atoms. The van der Waals surface area contributed by atoms with E-state index in [2.05, 4.69) is 30.9 Å². The van der Waals surface area contributed by atoms with Crippen molar-refractivity contribution in [3.63, 3.8) is 0 Å². The first kappa shape index (κ1) is 12.2. The SMILES string of the molecule is O=C1CC(Br)CN1c1nccc(-c2ccncc2)n1. The first-order chi connectivity index (χ1) is 9.24. The minimum absolute atomic E-state index is 0.0498. The van der Waals surface area contributed by atoms with Crippen LogP contribution in [0.4, 0.5) is 5.95 Å². The summed E-state index contributed by atoms with van der Waals surface area (Å²) in [5, 5.41) is 0. The number of halogens is 1. The van der Waals surface area contributed by atoms with Gasteiger partial charge in [-0.05, 0) is 18.2 Å². The van der Waals surface area contributed by atoms with Gasteiger partial charge in [0.2, 0.25) is 11.9 Å². The van der Waals surface area contributed by atoms with E-state index >= 15 is 0 Å². The van der Waals surface area contributed by atoms with E-state index in [0.29, 0.717) is 18.9 Å². The molecular formula is C13H11BrN4O. The van der Waals surface area contributed by atoms with Crippen LogP contribution in [0, 0.1) is 0 Å². The molecular weight excluding hydrogens is 308 g/mol. The predicted molar refractivity (Wildman–Crippen MR) is 74.9 cm³/mol. The summed E-state index contributed by atoms with van der Waals surface area (Å²) in [7, 11) is 0. The van der Waals surface area contributed by atoms with Gasteiger partial charge in [0.25, 0.3) is 0 Å². The second-order valence-electron chi connectivity index (χ2n) is 4.28. The standard InChI is InChI=1S/C13H11BrN4O/c14-10-7-12(19)18(8-10)13-16-6-3-11(17-13)9-1-4-15-5-2-9/h1-6,10H,7-8H2. The van der Waals surface area contributed by atoms with Crippen LogP contribution in [0.15, 0.2) is 36.8 Å². The van der Waals surface area contributed by atoms with Crippen molar-refractivity contribution >= 4 is 27.8 Å². The van der Waals surface area contributed by atoms with Crippen molar-refractivity contribution in [2.24, 2.45) is 0 Å². The average molecular weight is 319 g/mol. The van der Waals surface area contributed by atoms with E-state index in [-0.39, 0.29) is 10.7 Å². The van der Waals surface area contributed by atoms with Crippen molar-refractivity contribution in [3.05, 3.63) is 36.8 Å². The molecule has 1 amide bonds. The third-order valence-electron chi connectivity index (χ3n) is 2.94. The van der Waals surface area contributed by atoms with Gasteiger partial charge in [-0.25, -0.2) is 9.97 Å². The Labute approximate surface area is 118 Å². The van der Waals surface area contributed by atoms with E-state index in [1.807, 2.05) is 18.2 Å². The van der Waals surface area contributed by atoms with E-state index in [4.69, 9.17) is 0 Å². The number of alkyl halides is 1.